The van der Waals surface area contributed by atoms with Crippen LogP contribution in [-0.2, 0) is 22.9 Å². The van der Waals surface area contributed by atoms with Crippen LogP contribution in [0.25, 0.3) is 0 Å². The maximum atomic E-state index is 11.9. The van der Waals surface area contributed by atoms with Gasteiger partial charge in [-0.2, -0.15) is 0 Å². The van der Waals surface area contributed by atoms with Crippen LogP contribution in [0.3, 0.4) is 0 Å². The van der Waals surface area contributed by atoms with E-state index >= 15 is 0 Å². The number of carbonyl (C=O) groups is 1. The summed E-state index contributed by atoms with van der Waals surface area (Å²) in [4.78, 5) is 12.4. The molecule has 2 rings (SSSR count). The number of rotatable bonds is 6. The zero-order valence-electron chi connectivity index (χ0n) is 11.4. The number of aryl methyl sites for hydroxylation is 1. The van der Waals surface area contributed by atoms with Crippen molar-refractivity contribution in [3.8, 4) is 0 Å². The van der Waals surface area contributed by atoms with Gasteiger partial charge in [0.1, 0.15) is 5.00 Å². The van der Waals surface area contributed by atoms with Gasteiger partial charge in [-0.15, -0.1) is 11.3 Å². The molecule has 0 atom stereocenters. The topological polar surface area (TPSA) is 83.5 Å². The third-order valence-corrected chi connectivity index (χ3v) is 6.08. The van der Waals surface area contributed by atoms with E-state index in [0.717, 1.165) is 42.5 Å². The number of fused-ring (bicyclic) bond motifs is 1. The minimum Gasteiger partial charge on any atom is -0.478 e. The van der Waals surface area contributed by atoms with Crippen molar-refractivity contribution in [2.45, 2.75) is 45.4 Å². The number of thiophene rings is 1. The van der Waals surface area contributed by atoms with E-state index in [4.69, 9.17) is 0 Å². The summed E-state index contributed by atoms with van der Waals surface area (Å²) in [6, 6.07) is 0. The lowest BCUT2D eigenvalue weighted by atomic mass is 9.96. The van der Waals surface area contributed by atoms with Gasteiger partial charge in [0, 0.05) is 4.88 Å². The van der Waals surface area contributed by atoms with E-state index in [-0.39, 0.29) is 16.3 Å². The van der Waals surface area contributed by atoms with E-state index in [1.807, 2.05) is 6.92 Å². The minimum atomic E-state index is -3.46. The molecule has 1 aromatic rings. The molecule has 1 aliphatic rings. The number of carboxylic acids is 1. The first-order valence-corrected chi connectivity index (χ1v) is 9.30. The van der Waals surface area contributed by atoms with E-state index in [9.17, 15) is 18.3 Å². The van der Waals surface area contributed by atoms with Gasteiger partial charge in [-0.3, -0.25) is 4.72 Å². The standard InChI is InChI=1S/C13H19NO4S2/c1-2-3-8-20(17,18)14-12-11(13(15)16)9-6-4-5-7-10(9)19-12/h14H,2-8H2,1H3,(H,15,16). The Hall–Kier alpha value is -1.08. The highest BCUT2D eigenvalue weighted by Crippen LogP contribution is 2.38. The first kappa shape index (κ1) is 15.3. The van der Waals surface area contributed by atoms with E-state index in [0.29, 0.717) is 6.42 Å². The normalized spacial score (nSPS) is 14.8. The van der Waals surface area contributed by atoms with Crippen molar-refractivity contribution in [3.05, 3.63) is 16.0 Å². The molecule has 0 bridgehead atoms. The van der Waals surface area contributed by atoms with Crippen LogP contribution in [0.1, 0.15) is 53.4 Å². The predicted octanol–water partition coefficient (Wildman–Crippen LogP) is 2.87. The summed E-state index contributed by atoms with van der Waals surface area (Å²) in [6.07, 6.45) is 4.93. The number of sulfonamides is 1. The molecule has 20 heavy (non-hydrogen) atoms. The summed E-state index contributed by atoms with van der Waals surface area (Å²) in [5, 5.41) is 9.63. The second kappa shape index (κ2) is 6.13. The average Bonchev–Trinajstić information content (AvgIpc) is 2.73. The average molecular weight is 317 g/mol. The minimum absolute atomic E-state index is 0.0329. The Balaban J connectivity index is 2.32. The Labute approximate surface area is 123 Å². The number of anilines is 1. The fourth-order valence-electron chi connectivity index (χ4n) is 2.39. The Bertz CT molecular complexity index is 604. The third kappa shape index (κ3) is 3.32. The molecular formula is C13H19NO4S2. The van der Waals surface area contributed by atoms with Gasteiger partial charge in [0.25, 0.3) is 0 Å². The highest BCUT2D eigenvalue weighted by atomic mass is 32.2. The first-order valence-electron chi connectivity index (χ1n) is 6.83. The van der Waals surface area contributed by atoms with Gasteiger partial charge in [-0.1, -0.05) is 13.3 Å². The third-order valence-electron chi connectivity index (χ3n) is 3.40. The number of aromatic carboxylic acids is 1. The molecule has 0 saturated carbocycles. The van der Waals surface area contributed by atoms with Gasteiger partial charge >= 0.3 is 5.97 Å². The lowest BCUT2D eigenvalue weighted by Gasteiger charge is -2.10. The van der Waals surface area contributed by atoms with Crippen molar-refractivity contribution in [3.63, 3.8) is 0 Å². The van der Waals surface area contributed by atoms with Crippen molar-refractivity contribution in [2.75, 3.05) is 10.5 Å². The highest BCUT2D eigenvalue weighted by molar-refractivity contribution is 7.92. The van der Waals surface area contributed by atoms with Gasteiger partial charge in [-0.05, 0) is 37.7 Å². The monoisotopic (exact) mass is 317 g/mol. The molecule has 0 fully saturated rings. The fourth-order valence-corrected chi connectivity index (χ4v) is 5.23. The van der Waals surface area contributed by atoms with E-state index in [2.05, 4.69) is 4.72 Å². The highest BCUT2D eigenvalue weighted by Gasteiger charge is 2.27. The van der Waals surface area contributed by atoms with E-state index < -0.39 is 16.0 Å². The molecule has 5 nitrogen and oxygen atoms in total. The van der Waals surface area contributed by atoms with Crippen LogP contribution in [0.4, 0.5) is 5.00 Å². The molecule has 0 spiro atoms. The summed E-state index contributed by atoms with van der Waals surface area (Å²) in [6.45, 7) is 1.92. The second-order valence-corrected chi connectivity index (χ2v) is 7.94. The summed E-state index contributed by atoms with van der Waals surface area (Å²) >= 11 is 1.28. The van der Waals surface area contributed by atoms with Gasteiger partial charge in [0.2, 0.25) is 10.0 Å². The van der Waals surface area contributed by atoms with Crippen molar-refractivity contribution < 1.29 is 18.3 Å². The van der Waals surface area contributed by atoms with Crippen molar-refractivity contribution >= 4 is 32.3 Å². The molecule has 1 aliphatic carbocycles. The summed E-state index contributed by atoms with van der Waals surface area (Å²) in [5.74, 6) is -1.01. The van der Waals surface area contributed by atoms with Crippen LogP contribution in [0, 0.1) is 0 Å². The molecule has 112 valence electrons. The zero-order valence-corrected chi connectivity index (χ0v) is 13.1. The molecule has 0 amide bonds. The van der Waals surface area contributed by atoms with E-state index in [1.54, 1.807) is 0 Å². The molecular weight excluding hydrogens is 298 g/mol. The van der Waals surface area contributed by atoms with Crippen molar-refractivity contribution in [2.24, 2.45) is 0 Å². The van der Waals surface area contributed by atoms with Crippen LogP contribution in [0.15, 0.2) is 0 Å². The number of nitrogens with one attached hydrogen (secondary N) is 1. The molecule has 1 heterocycles. The summed E-state index contributed by atoms with van der Waals surface area (Å²) < 4.78 is 26.4. The smallest absolute Gasteiger partial charge is 0.339 e. The molecule has 0 aromatic carbocycles. The number of hydrogen-bond donors (Lipinski definition) is 2. The maximum absolute atomic E-state index is 11.9. The molecule has 0 saturated heterocycles. The van der Waals surface area contributed by atoms with Gasteiger partial charge in [-0.25, -0.2) is 13.2 Å². The SMILES string of the molecule is CCCCS(=O)(=O)Nc1sc2c(c1C(=O)O)CCCC2. The lowest BCUT2D eigenvalue weighted by molar-refractivity contribution is 0.0697. The first-order chi connectivity index (χ1) is 9.44. The zero-order chi connectivity index (χ0) is 14.8. The molecule has 7 heteroatoms. The largest absolute Gasteiger partial charge is 0.478 e. The Kier molecular flexibility index (Phi) is 4.70. The van der Waals surface area contributed by atoms with Gasteiger partial charge in [0.15, 0.2) is 0 Å². The van der Waals surface area contributed by atoms with Crippen LogP contribution in [-0.4, -0.2) is 25.2 Å². The molecule has 1 aromatic heterocycles. The fraction of sp³-hybridized carbons (Fsp3) is 0.615. The quantitative estimate of drug-likeness (QED) is 0.845. The Morgan fingerprint density at radius 1 is 1.35 bits per heavy atom. The van der Waals surface area contributed by atoms with Crippen LogP contribution < -0.4 is 4.72 Å². The van der Waals surface area contributed by atoms with Crippen LogP contribution in [0.2, 0.25) is 0 Å². The number of unbranched alkanes of at least 4 members (excludes halogenated alkanes) is 1. The van der Waals surface area contributed by atoms with Gasteiger partial charge in [0.05, 0.1) is 11.3 Å². The van der Waals surface area contributed by atoms with Crippen molar-refractivity contribution in [1.82, 2.24) is 0 Å². The van der Waals surface area contributed by atoms with Gasteiger partial charge < -0.3 is 5.11 Å². The van der Waals surface area contributed by atoms with E-state index in [1.165, 1.54) is 11.3 Å². The lowest BCUT2D eigenvalue weighted by Crippen LogP contribution is -2.17. The molecule has 2 N–H and O–H groups in total. The van der Waals surface area contributed by atoms with Crippen LogP contribution in [0.5, 0.6) is 0 Å². The molecule has 0 unspecified atom stereocenters. The predicted molar refractivity (Wildman–Crippen MR) is 80.2 cm³/mol. The van der Waals surface area contributed by atoms with Crippen LogP contribution >= 0.6 is 11.3 Å². The molecule has 0 aliphatic heterocycles. The number of carboxylic acid groups (broad SMARTS) is 1. The maximum Gasteiger partial charge on any atom is 0.339 e. The summed E-state index contributed by atoms with van der Waals surface area (Å²) in [5.41, 5.74) is 0.978. The summed E-state index contributed by atoms with van der Waals surface area (Å²) in [7, 11) is -3.46. The second-order valence-electron chi connectivity index (χ2n) is 4.99. The Morgan fingerprint density at radius 2 is 2.05 bits per heavy atom. The number of hydrogen-bond acceptors (Lipinski definition) is 4. The van der Waals surface area contributed by atoms with Crippen molar-refractivity contribution in [1.29, 1.82) is 0 Å². The molecule has 0 radical (unpaired) electrons. The Morgan fingerprint density at radius 3 is 2.70 bits per heavy atom.